The van der Waals surface area contributed by atoms with Crippen LogP contribution >= 0.6 is 27.5 Å². The van der Waals surface area contributed by atoms with Crippen molar-refractivity contribution in [3.8, 4) is 0 Å². The summed E-state index contributed by atoms with van der Waals surface area (Å²) in [5.41, 5.74) is -0.556. The third-order valence-electron chi connectivity index (χ3n) is 7.41. The van der Waals surface area contributed by atoms with Gasteiger partial charge in [-0.05, 0) is 49.9 Å². The van der Waals surface area contributed by atoms with Gasteiger partial charge >= 0.3 is 5.97 Å². The van der Waals surface area contributed by atoms with Crippen LogP contribution < -0.4 is 4.90 Å². The Hall–Kier alpha value is -2.20. The average Bonchev–Trinajstić information content (AvgIpc) is 3.47. The number of anilines is 1. The fourth-order valence-corrected chi connectivity index (χ4v) is 7.02. The van der Waals surface area contributed by atoms with E-state index in [9.17, 15) is 19.5 Å². The predicted octanol–water partition coefficient (Wildman–Crippen LogP) is 3.50. The number of rotatable bonds is 12. The molecule has 10 heteroatoms. The van der Waals surface area contributed by atoms with Crippen molar-refractivity contribution in [3.05, 3.63) is 54.6 Å². The summed E-state index contributed by atoms with van der Waals surface area (Å²) in [4.78, 5) is 44.3. The number of ether oxygens (including phenoxy) is 2. The summed E-state index contributed by atoms with van der Waals surface area (Å²) in [5.74, 6) is -2.76. The van der Waals surface area contributed by atoms with Crippen LogP contribution in [-0.2, 0) is 23.9 Å². The lowest BCUT2D eigenvalue weighted by Crippen LogP contribution is -2.57. The number of esters is 1. The van der Waals surface area contributed by atoms with E-state index in [1.165, 1.54) is 6.08 Å². The second-order valence-corrected chi connectivity index (χ2v) is 11.2. The third-order valence-corrected chi connectivity index (χ3v) is 8.51. The number of hydrogen-bond acceptors (Lipinski definition) is 6. The molecule has 3 fully saturated rings. The number of aliphatic hydroxyl groups excluding tert-OH is 1. The molecule has 0 aliphatic carbocycles. The Morgan fingerprint density at radius 2 is 1.97 bits per heavy atom. The average molecular weight is 596 g/mol. The number of aliphatic hydroxyl groups is 1. The monoisotopic (exact) mass is 594 g/mol. The Balaban J connectivity index is 1.74. The summed E-state index contributed by atoms with van der Waals surface area (Å²) >= 11 is 9.72. The highest BCUT2D eigenvalue weighted by Gasteiger charge is 2.77. The third kappa shape index (κ3) is 4.99. The summed E-state index contributed by atoms with van der Waals surface area (Å²) in [7, 11) is 0. The van der Waals surface area contributed by atoms with Crippen LogP contribution in [0.4, 0.5) is 5.69 Å². The zero-order chi connectivity index (χ0) is 26.7. The van der Waals surface area contributed by atoms with Crippen LogP contribution in [0, 0.1) is 11.8 Å². The topological polar surface area (TPSA) is 96.4 Å². The van der Waals surface area contributed by atoms with Gasteiger partial charge in [0.05, 0.1) is 17.9 Å². The predicted molar refractivity (Wildman–Crippen MR) is 144 cm³/mol. The Morgan fingerprint density at radius 1 is 1.24 bits per heavy atom. The SMILES string of the molecule is C=CCOC(=O)[C@H]1[C@@H]2OC3(CC2Br)C(C(=O)N(CC=C)c2ccc(Cl)cc2)N(CCCCCO)C(=O)[C@H]13. The number of fused-ring (bicyclic) bond motifs is 1. The molecule has 200 valence electrons. The fourth-order valence-electron chi connectivity index (χ4n) is 5.95. The van der Waals surface area contributed by atoms with Crippen molar-refractivity contribution in [2.45, 2.75) is 48.3 Å². The molecule has 4 rings (SSSR count). The van der Waals surface area contributed by atoms with E-state index in [1.54, 1.807) is 40.1 Å². The number of amides is 2. The van der Waals surface area contributed by atoms with Gasteiger partial charge in [-0.1, -0.05) is 46.3 Å². The summed E-state index contributed by atoms with van der Waals surface area (Å²) in [6.07, 6.45) is 4.83. The minimum atomic E-state index is -1.17. The Kier molecular flexibility index (Phi) is 8.78. The lowest BCUT2D eigenvalue weighted by molar-refractivity contribution is -0.153. The molecule has 6 atom stereocenters. The van der Waals surface area contributed by atoms with Crippen LogP contribution in [0.15, 0.2) is 49.6 Å². The normalized spacial score (nSPS) is 29.8. The number of benzene rings is 1. The summed E-state index contributed by atoms with van der Waals surface area (Å²) in [5, 5.41) is 9.73. The number of carbonyl (C=O) groups is 3. The van der Waals surface area contributed by atoms with Crippen molar-refractivity contribution in [2.24, 2.45) is 11.8 Å². The zero-order valence-electron chi connectivity index (χ0n) is 20.6. The molecular weight excluding hydrogens is 564 g/mol. The first-order valence-electron chi connectivity index (χ1n) is 12.5. The van der Waals surface area contributed by atoms with Gasteiger partial charge in [0.15, 0.2) is 0 Å². The molecule has 3 saturated heterocycles. The lowest BCUT2D eigenvalue weighted by Gasteiger charge is -2.37. The van der Waals surface area contributed by atoms with E-state index in [2.05, 4.69) is 29.1 Å². The van der Waals surface area contributed by atoms with E-state index in [0.29, 0.717) is 42.9 Å². The highest BCUT2D eigenvalue weighted by atomic mass is 79.9. The number of halogens is 2. The molecule has 3 aliphatic rings. The number of unbranched alkanes of at least 4 members (excludes halogenated alkanes) is 2. The number of carbonyl (C=O) groups excluding carboxylic acids is 3. The minimum Gasteiger partial charge on any atom is -0.461 e. The molecule has 1 spiro atoms. The zero-order valence-corrected chi connectivity index (χ0v) is 22.9. The number of likely N-dealkylation sites (tertiary alicyclic amines) is 1. The summed E-state index contributed by atoms with van der Waals surface area (Å²) in [6.45, 7) is 8.02. The van der Waals surface area contributed by atoms with Crippen molar-refractivity contribution >= 4 is 51.0 Å². The molecule has 0 radical (unpaired) electrons. The van der Waals surface area contributed by atoms with Gasteiger partial charge in [0.1, 0.15) is 18.2 Å². The maximum absolute atomic E-state index is 14.3. The van der Waals surface area contributed by atoms with Crippen LogP contribution in [0.2, 0.25) is 5.02 Å². The van der Waals surface area contributed by atoms with E-state index in [1.807, 2.05) is 0 Å². The first-order valence-corrected chi connectivity index (χ1v) is 13.8. The van der Waals surface area contributed by atoms with Crippen LogP contribution in [0.1, 0.15) is 25.7 Å². The highest BCUT2D eigenvalue weighted by molar-refractivity contribution is 9.09. The van der Waals surface area contributed by atoms with Crippen molar-refractivity contribution in [2.75, 3.05) is 31.2 Å². The molecule has 1 N–H and O–H groups in total. The lowest BCUT2D eigenvalue weighted by atomic mass is 9.70. The van der Waals surface area contributed by atoms with Gasteiger partial charge in [0.2, 0.25) is 5.91 Å². The van der Waals surface area contributed by atoms with Crippen LogP contribution in [-0.4, -0.2) is 76.7 Å². The molecule has 0 aromatic heterocycles. The first-order chi connectivity index (χ1) is 17.8. The Labute approximate surface area is 230 Å². The van der Waals surface area contributed by atoms with E-state index < -0.39 is 35.6 Å². The fraction of sp³-hybridized carbons (Fsp3) is 0.519. The molecule has 8 nitrogen and oxygen atoms in total. The molecule has 2 bridgehead atoms. The maximum Gasteiger partial charge on any atom is 0.312 e. The molecule has 3 unspecified atom stereocenters. The van der Waals surface area contributed by atoms with Crippen LogP contribution in [0.5, 0.6) is 0 Å². The molecule has 1 aromatic rings. The molecule has 3 heterocycles. The largest absolute Gasteiger partial charge is 0.461 e. The van der Waals surface area contributed by atoms with E-state index >= 15 is 0 Å². The minimum absolute atomic E-state index is 0.0276. The Morgan fingerprint density at radius 3 is 2.62 bits per heavy atom. The van der Waals surface area contributed by atoms with Gasteiger partial charge in [-0.25, -0.2) is 0 Å². The Bertz CT molecular complexity index is 1050. The van der Waals surface area contributed by atoms with Crippen molar-refractivity contribution in [3.63, 3.8) is 0 Å². The van der Waals surface area contributed by atoms with Crippen LogP contribution in [0.25, 0.3) is 0 Å². The highest BCUT2D eigenvalue weighted by Crippen LogP contribution is 2.60. The molecule has 37 heavy (non-hydrogen) atoms. The van der Waals surface area contributed by atoms with Crippen molar-refractivity contribution < 1.29 is 29.0 Å². The second-order valence-electron chi connectivity index (χ2n) is 9.61. The van der Waals surface area contributed by atoms with Crippen LogP contribution in [0.3, 0.4) is 0 Å². The van der Waals surface area contributed by atoms with Gasteiger partial charge in [-0.15, -0.1) is 6.58 Å². The standard InChI is InChI=1S/C27H32BrClN2O6/c1-3-12-30(18-10-8-17(29)9-11-18)25(34)23-27-16-19(28)22(37-27)20(26(35)36-15-4-2)21(27)24(33)31(23)13-6-5-7-14-32/h3-4,8-11,19-23,32H,1-2,5-7,12-16H2/t19?,20-,21+,22-,23?,27?/m1/s1. The second kappa shape index (κ2) is 11.7. The van der Waals surface area contributed by atoms with E-state index in [4.69, 9.17) is 21.1 Å². The molecule has 0 saturated carbocycles. The van der Waals surface area contributed by atoms with Crippen molar-refractivity contribution in [1.29, 1.82) is 0 Å². The van der Waals surface area contributed by atoms with Gasteiger partial charge in [-0.3, -0.25) is 14.4 Å². The smallest absolute Gasteiger partial charge is 0.312 e. The molecular formula is C27H32BrClN2O6. The van der Waals surface area contributed by atoms with Gasteiger partial charge in [0, 0.05) is 35.2 Å². The molecule has 2 amide bonds. The van der Waals surface area contributed by atoms with Crippen molar-refractivity contribution in [1.82, 2.24) is 4.90 Å². The number of hydrogen-bond donors (Lipinski definition) is 1. The quantitative estimate of drug-likeness (QED) is 0.172. The summed E-state index contributed by atoms with van der Waals surface area (Å²) in [6, 6.07) is 5.96. The van der Waals surface area contributed by atoms with E-state index in [0.717, 1.165) is 0 Å². The summed E-state index contributed by atoms with van der Waals surface area (Å²) < 4.78 is 11.8. The van der Waals surface area contributed by atoms with Gasteiger partial charge in [0.25, 0.3) is 5.91 Å². The molecule has 1 aromatic carbocycles. The number of nitrogens with zero attached hydrogens (tertiary/aromatic N) is 2. The molecule has 3 aliphatic heterocycles. The van der Waals surface area contributed by atoms with E-state index in [-0.39, 0.29) is 36.4 Å². The van der Waals surface area contributed by atoms with Gasteiger partial charge < -0.3 is 24.4 Å². The maximum atomic E-state index is 14.3. The first kappa shape index (κ1) is 27.8. The van der Waals surface area contributed by atoms with Gasteiger partial charge in [-0.2, -0.15) is 0 Å². The number of alkyl halides is 1.